The number of anilines is 1. The van der Waals surface area contributed by atoms with E-state index in [-0.39, 0.29) is 23.7 Å². The van der Waals surface area contributed by atoms with Crippen LogP contribution >= 0.6 is 0 Å². The number of ether oxygens (including phenoxy) is 4. The highest BCUT2D eigenvalue weighted by molar-refractivity contribution is 6.03. The first kappa shape index (κ1) is 33.6. The Hall–Kier alpha value is -5.86. The number of nitrogens with one attached hydrogen (secondary N) is 2. The van der Waals surface area contributed by atoms with Crippen LogP contribution in [0.3, 0.4) is 0 Å². The molecule has 1 aliphatic heterocycles. The minimum absolute atomic E-state index is 0.0371. The molecule has 0 bridgehead atoms. The topological polar surface area (TPSA) is 170 Å². The third-order valence-electron chi connectivity index (χ3n) is 8.95. The Labute approximate surface area is 292 Å². The first-order valence-electron chi connectivity index (χ1n) is 16.2. The van der Waals surface area contributed by atoms with Crippen LogP contribution in [-0.2, 0) is 15.1 Å². The van der Waals surface area contributed by atoms with Gasteiger partial charge in [-0.2, -0.15) is 4.98 Å². The van der Waals surface area contributed by atoms with E-state index < -0.39 is 41.6 Å². The van der Waals surface area contributed by atoms with E-state index in [1.165, 1.54) is 10.9 Å². The number of carbonyl (C=O) groups excluding carboxylic acids is 1. The van der Waals surface area contributed by atoms with Gasteiger partial charge in [-0.3, -0.25) is 24.5 Å². The molecule has 1 amide bonds. The second-order valence-electron chi connectivity index (χ2n) is 11.9. The van der Waals surface area contributed by atoms with Gasteiger partial charge in [-0.25, -0.2) is 4.98 Å². The highest BCUT2D eigenvalue weighted by Crippen LogP contribution is 2.43. The third-order valence-corrected chi connectivity index (χ3v) is 8.95. The number of aromatic amines is 1. The Kier molecular flexibility index (Phi) is 9.34. The molecule has 1 aliphatic rings. The Bertz CT molecular complexity index is 2130. The Balaban J connectivity index is 1.21. The summed E-state index contributed by atoms with van der Waals surface area (Å²) in [7, 11) is 3.19. The number of hydrogen-bond acceptors (Lipinski definition) is 10. The molecule has 0 saturated carbocycles. The quantitative estimate of drug-likeness (QED) is 0.146. The summed E-state index contributed by atoms with van der Waals surface area (Å²) < 4.78 is 25.4. The number of imidazole rings is 1. The minimum atomic E-state index is -1.45. The summed E-state index contributed by atoms with van der Waals surface area (Å²) in [5.41, 5.74) is 0.909. The van der Waals surface area contributed by atoms with Crippen LogP contribution in [0.4, 0.5) is 5.95 Å². The fourth-order valence-corrected chi connectivity index (χ4v) is 6.32. The van der Waals surface area contributed by atoms with Crippen molar-refractivity contribution >= 4 is 23.0 Å². The van der Waals surface area contributed by atoms with Gasteiger partial charge in [-0.15, -0.1) is 0 Å². The van der Waals surface area contributed by atoms with Crippen molar-refractivity contribution in [1.82, 2.24) is 19.5 Å². The molecular weight excluding hydrogens is 654 g/mol. The van der Waals surface area contributed by atoms with E-state index in [1.54, 1.807) is 44.6 Å². The van der Waals surface area contributed by atoms with E-state index in [2.05, 4.69) is 20.3 Å². The Morgan fingerprint density at radius 1 is 0.843 bits per heavy atom. The molecule has 0 spiro atoms. The number of carbonyl (C=O) groups is 1. The van der Waals surface area contributed by atoms with Gasteiger partial charge in [0.2, 0.25) is 5.95 Å². The van der Waals surface area contributed by atoms with Crippen LogP contribution in [0.15, 0.2) is 120 Å². The number of amides is 1. The number of fused-ring (bicyclic) bond motifs is 1. The van der Waals surface area contributed by atoms with Crippen molar-refractivity contribution in [2.75, 3.05) is 26.1 Å². The third kappa shape index (κ3) is 6.35. The minimum Gasteiger partial charge on any atom is -0.497 e. The number of aliphatic hydroxyl groups excluding tert-OH is 2. The number of aliphatic hydroxyl groups is 2. The zero-order valence-electron chi connectivity index (χ0n) is 27.7. The first-order chi connectivity index (χ1) is 24.8. The van der Waals surface area contributed by atoms with Gasteiger partial charge in [0.05, 0.1) is 27.2 Å². The van der Waals surface area contributed by atoms with Crippen LogP contribution in [-0.4, -0.2) is 74.8 Å². The largest absolute Gasteiger partial charge is 0.497 e. The molecule has 0 aliphatic carbocycles. The Morgan fingerprint density at radius 3 is 2.00 bits per heavy atom. The number of H-pyrrole nitrogens is 1. The summed E-state index contributed by atoms with van der Waals surface area (Å²) in [4.78, 5) is 36.8. The zero-order valence-corrected chi connectivity index (χ0v) is 27.7. The van der Waals surface area contributed by atoms with Crippen LogP contribution in [0.5, 0.6) is 11.5 Å². The molecule has 0 unspecified atom stereocenters. The van der Waals surface area contributed by atoms with Gasteiger partial charge in [-0.1, -0.05) is 72.8 Å². The second kappa shape index (κ2) is 14.2. The average molecular weight is 690 g/mol. The predicted molar refractivity (Wildman–Crippen MR) is 187 cm³/mol. The molecule has 51 heavy (non-hydrogen) atoms. The van der Waals surface area contributed by atoms with Crippen LogP contribution in [0.1, 0.15) is 33.3 Å². The summed E-state index contributed by atoms with van der Waals surface area (Å²) in [6, 6.07) is 33.1. The summed E-state index contributed by atoms with van der Waals surface area (Å²) in [6.45, 7) is -0.166. The van der Waals surface area contributed by atoms with Gasteiger partial charge in [0.15, 0.2) is 17.4 Å². The number of hydrogen-bond donors (Lipinski definition) is 4. The number of rotatable bonds is 11. The van der Waals surface area contributed by atoms with E-state index in [4.69, 9.17) is 18.9 Å². The van der Waals surface area contributed by atoms with Gasteiger partial charge >= 0.3 is 0 Å². The van der Waals surface area contributed by atoms with Crippen molar-refractivity contribution in [2.24, 2.45) is 0 Å². The highest BCUT2D eigenvalue weighted by atomic mass is 16.6. The zero-order chi connectivity index (χ0) is 35.5. The molecule has 13 heteroatoms. The van der Waals surface area contributed by atoms with E-state index >= 15 is 0 Å². The van der Waals surface area contributed by atoms with Gasteiger partial charge in [0.25, 0.3) is 11.5 Å². The van der Waals surface area contributed by atoms with Crippen LogP contribution in [0, 0.1) is 0 Å². The van der Waals surface area contributed by atoms with E-state index in [1.807, 2.05) is 78.9 Å². The lowest BCUT2D eigenvalue weighted by atomic mass is 9.80. The highest BCUT2D eigenvalue weighted by Gasteiger charge is 2.47. The monoisotopic (exact) mass is 689 g/mol. The van der Waals surface area contributed by atoms with E-state index in [0.717, 1.165) is 16.7 Å². The average Bonchev–Trinajstić information content (AvgIpc) is 3.72. The lowest BCUT2D eigenvalue weighted by Crippen LogP contribution is -2.39. The van der Waals surface area contributed by atoms with Gasteiger partial charge in [0, 0.05) is 5.56 Å². The SMILES string of the molecule is COc1ccc(C(OC[C@H]2O[C@@H](n3cnc4c(=O)[nH]c(NC(=O)c5ccccc5)nc43)[C@H](O)[C@@H]2O)(c2ccccc2)c2ccc(OC)cc2)cc1. The molecule has 3 heterocycles. The molecule has 4 atom stereocenters. The molecule has 0 radical (unpaired) electrons. The maximum Gasteiger partial charge on any atom is 0.280 e. The molecule has 6 aromatic rings. The van der Waals surface area contributed by atoms with Crippen LogP contribution in [0.2, 0.25) is 0 Å². The smallest absolute Gasteiger partial charge is 0.280 e. The van der Waals surface area contributed by atoms with E-state index in [9.17, 15) is 19.8 Å². The molecule has 2 aromatic heterocycles. The van der Waals surface area contributed by atoms with Crippen molar-refractivity contribution < 1.29 is 34.0 Å². The number of aromatic nitrogens is 4. The maximum absolute atomic E-state index is 12.9. The molecule has 7 rings (SSSR count). The number of nitrogens with zero attached hydrogens (tertiary/aromatic N) is 3. The van der Waals surface area contributed by atoms with Crippen molar-refractivity contribution in [2.45, 2.75) is 30.1 Å². The second-order valence-corrected chi connectivity index (χ2v) is 11.9. The molecule has 260 valence electrons. The molecule has 1 saturated heterocycles. The summed E-state index contributed by atoms with van der Waals surface area (Å²) in [5, 5.41) is 25.2. The van der Waals surface area contributed by atoms with Crippen molar-refractivity contribution in [3.63, 3.8) is 0 Å². The van der Waals surface area contributed by atoms with Crippen molar-refractivity contribution in [3.8, 4) is 11.5 Å². The van der Waals surface area contributed by atoms with Crippen LogP contribution in [0.25, 0.3) is 11.2 Å². The lowest BCUT2D eigenvalue weighted by molar-refractivity contribution is -0.0942. The molecule has 1 fully saturated rings. The molecular formula is C38H35N5O8. The summed E-state index contributed by atoms with van der Waals surface area (Å²) in [6.07, 6.45) is -3.78. The fourth-order valence-electron chi connectivity index (χ4n) is 6.32. The Morgan fingerprint density at radius 2 is 1.41 bits per heavy atom. The predicted octanol–water partition coefficient (Wildman–Crippen LogP) is 4.02. The van der Waals surface area contributed by atoms with Gasteiger partial charge in [0.1, 0.15) is 35.4 Å². The number of methoxy groups -OCH3 is 2. The fraction of sp³-hybridized carbons (Fsp3) is 0.211. The van der Waals surface area contributed by atoms with Crippen molar-refractivity contribution in [3.05, 3.63) is 148 Å². The summed E-state index contributed by atoms with van der Waals surface area (Å²) in [5.74, 6) is 0.727. The summed E-state index contributed by atoms with van der Waals surface area (Å²) >= 11 is 0. The van der Waals surface area contributed by atoms with E-state index in [0.29, 0.717) is 17.1 Å². The number of benzene rings is 4. The normalized spacial score (nSPS) is 18.8. The first-order valence-corrected chi connectivity index (χ1v) is 16.2. The molecule has 4 aromatic carbocycles. The molecule has 13 nitrogen and oxygen atoms in total. The molecule has 4 N–H and O–H groups in total. The maximum atomic E-state index is 12.9. The van der Waals surface area contributed by atoms with Gasteiger partial charge in [-0.05, 0) is 53.1 Å². The lowest BCUT2D eigenvalue weighted by Gasteiger charge is -2.37. The van der Waals surface area contributed by atoms with Crippen LogP contribution < -0.4 is 20.3 Å². The van der Waals surface area contributed by atoms with Crippen molar-refractivity contribution in [1.29, 1.82) is 0 Å². The van der Waals surface area contributed by atoms with Gasteiger partial charge < -0.3 is 29.2 Å². The standard InChI is InChI=1S/C38H35N5O8/c1-48-27-17-13-25(14-18-27)38(24-11-7-4-8-12-24,26-15-19-28(49-2)20-16-26)50-21-29-31(44)32(45)36(51-29)43-22-39-30-33(43)40-37(42-35(30)47)41-34(46)23-9-5-3-6-10-23/h3-20,22,29,31-32,36,44-45H,21H2,1-2H3,(H2,40,41,42,46,47)/t29-,31-,32-,36-/m1/s1.